The average molecular weight is 750 g/mol. The minimum Gasteiger partial charge on any atom is -0.394 e. The molecule has 0 fully saturated rings. The minimum absolute atomic E-state index is 0.333. The second-order valence-corrected chi connectivity index (χ2v) is 16.1. The van der Waals surface area contributed by atoms with E-state index in [0.717, 1.165) is 44.9 Å². The summed E-state index contributed by atoms with van der Waals surface area (Å²) in [4.78, 5) is 12.5. The first kappa shape index (κ1) is 51.8. The van der Waals surface area contributed by atoms with Gasteiger partial charge >= 0.3 is 0 Å². The summed E-state index contributed by atoms with van der Waals surface area (Å²) in [6.45, 7) is 4.02. The fraction of sp³-hybridized carbons (Fsp3) is 0.894. The van der Waals surface area contributed by atoms with Crippen LogP contribution in [-0.4, -0.2) is 57.3 Å². The number of allylic oxidation sites excluding steroid dienone is 4. The molecule has 0 spiro atoms. The summed E-state index contributed by atoms with van der Waals surface area (Å²) < 4.78 is 0. The van der Waals surface area contributed by atoms with Crippen molar-refractivity contribution in [3.05, 3.63) is 24.3 Å². The summed E-state index contributed by atoms with van der Waals surface area (Å²) >= 11 is 0. The van der Waals surface area contributed by atoms with Crippen molar-refractivity contribution in [2.45, 2.75) is 263 Å². The van der Waals surface area contributed by atoms with Gasteiger partial charge in [0.25, 0.3) is 0 Å². The van der Waals surface area contributed by atoms with E-state index in [1.165, 1.54) is 167 Å². The fourth-order valence-corrected chi connectivity index (χ4v) is 7.16. The molecule has 0 aromatic heterocycles. The van der Waals surface area contributed by atoms with Gasteiger partial charge in [-0.25, -0.2) is 0 Å². The van der Waals surface area contributed by atoms with Crippen LogP contribution in [0, 0.1) is 0 Å². The zero-order valence-electron chi connectivity index (χ0n) is 35.3. The number of hydrogen-bond acceptors (Lipinski definition) is 5. The number of nitrogens with one attached hydrogen (secondary N) is 1. The first-order valence-corrected chi connectivity index (χ1v) is 23.2. The Morgan fingerprint density at radius 2 is 0.774 bits per heavy atom. The molecule has 0 bridgehead atoms. The van der Waals surface area contributed by atoms with Crippen LogP contribution in [0.4, 0.5) is 0 Å². The summed E-state index contributed by atoms with van der Waals surface area (Å²) in [7, 11) is 0. The van der Waals surface area contributed by atoms with E-state index >= 15 is 0 Å². The first-order chi connectivity index (χ1) is 26.0. The number of amides is 1. The molecule has 53 heavy (non-hydrogen) atoms. The molecule has 314 valence electrons. The van der Waals surface area contributed by atoms with E-state index in [-0.39, 0.29) is 0 Å². The Hall–Kier alpha value is -1.21. The lowest BCUT2D eigenvalue weighted by Gasteiger charge is -2.27. The zero-order chi connectivity index (χ0) is 38.9. The molecule has 1 amide bonds. The SMILES string of the molecule is CCCCCCCC/C=C\CCCCC(O)C(=O)NC(CO)C(O)C(O)CCC/C=C/CCCCCCCCCCCCCCCCCCCCCC. The molecular formula is C47H91NO5. The maximum Gasteiger partial charge on any atom is 0.249 e. The Balaban J connectivity index is 3.70. The van der Waals surface area contributed by atoms with Gasteiger partial charge in [0.2, 0.25) is 5.91 Å². The van der Waals surface area contributed by atoms with Gasteiger partial charge in [-0.3, -0.25) is 4.79 Å². The lowest BCUT2D eigenvalue weighted by Crippen LogP contribution is -2.53. The van der Waals surface area contributed by atoms with Gasteiger partial charge in [-0.2, -0.15) is 0 Å². The quantitative estimate of drug-likeness (QED) is 0.0315. The van der Waals surface area contributed by atoms with Crippen molar-refractivity contribution < 1.29 is 25.2 Å². The van der Waals surface area contributed by atoms with Crippen molar-refractivity contribution in [1.82, 2.24) is 5.32 Å². The van der Waals surface area contributed by atoms with Gasteiger partial charge in [0.1, 0.15) is 12.2 Å². The van der Waals surface area contributed by atoms with Gasteiger partial charge in [-0.05, 0) is 64.2 Å². The van der Waals surface area contributed by atoms with E-state index in [2.05, 4.69) is 43.5 Å². The minimum atomic E-state index is -1.29. The van der Waals surface area contributed by atoms with Crippen LogP contribution in [-0.2, 0) is 4.79 Å². The molecule has 0 heterocycles. The molecule has 6 nitrogen and oxygen atoms in total. The number of carbonyl (C=O) groups is 1. The second-order valence-electron chi connectivity index (χ2n) is 16.1. The molecule has 0 saturated heterocycles. The molecule has 0 radical (unpaired) electrons. The Bertz CT molecular complexity index is 802. The smallest absolute Gasteiger partial charge is 0.249 e. The van der Waals surface area contributed by atoms with Crippen molar-refractivity contribution in [2.24, 2.45) is 0 Å². The number of carbonyl (C=O) groups excluding carboxylic acids is 1. The lowest BCUT2D eigenvalue weighted by molar-refractivity contribution is -0.132. The van der Waals surface area contributed by atoms with E-state index in [1.54, 1.807) is 0 Å². The molecule has 4 unspecified atom stereocenters. The molecule has 0 aliphatic heterocycles. The van der Waals surface area contributed by atoms with Gasteiger partial charge in [-0.15, -0.1) is 0 Å². The normalized spacial score (nSPS) is 14.3. The van der Waals surface area contributed by atoms with Crippen molar-refractivity contribution in [3.8, 4) is 0 Å². The van der Waals surface area contributed by atoms with Crippen LogP contribution < -0.4 is 5.32 Å². The molecule has 0 saturated carbocycles. The highest BCUT2D eigenvalue weighted by molar-refractivity contribution is 5.80. The average Bonchev–Trinajstić information content (AvgIpc) is 3.16. The molecule has 5 N–H and O–H groups in total. The van der Waals surface area contributed by atoms with E-state index in [9.17, 15) is 25.2 Å². The molecule has 0 aliphatic carbocycles. The highest BCUT2D eigenvalue weighted by atomic mass is 16.3. The molecule has 0 aromatic carbocycles. The summed E-state index contributed by atoms with van der Waals surface area (Å²) in [5.41, 5.74) is 0. The van der Waals surface area contributed by atoms with Gasteiger partial charge in [0, 0.05) is 0 Å². The molecule has 0 aromatic rings. The van der Waals surface area contributed by atoms with E-state index in [4.69, 9.17) is 0 Å². The third-order valence-corrected chi connectivity index (χ3v) is 10.9. The van der Waals surface area contributed by atoms with Crippen LogP contribution in [0.2, 0.25) is 0 Å². The summed E-state index contributed by atoms with van der Waals surface area (Å²) in [5, 5.41) is 43.6. The Morgan fingerprint density at radius 3 is 1.13 bits per heavy atom. The zero-order valence-corrected chi connectivity index (χ0v) is 35.3. The predicted octanol–water partition coefficient (Wildman–Crippen LogP) is 12.4. The number of aliphatic hydroxyl groups excluding tert-OH is 4. The summed E-state index contributed by atoms with van der Waals surface area (Å²) in [6, 6.07) is -1.01. The van der Waals surface area contributed by atoms with Crippen LogP contribution in [0.3, 0.4) is 0 Å². The monoisotopic (exact) mass is 750 g/mol. The molecule has 0 aliphatic rings. The number of aliphatic hydroxyl groups is 4. The largest absolute Gasteiger partial charge is 0.394 e. The first-order valence-electron chi connectivity index (χ1n) is 23.2. The van der Waals surface area contributed by atoms with Crippen LogP contribution >= 0.6 is 0 Å². The topological polar surface area (TPSA) is 110 Å². The molecular weight excluding hydrogens is 659 g/mol. The van der Waals surface area contributed by atoms with E-state index in [1.807, 2.05) is 0 Å². The van der Waals surface area contributed by atoms with Gasteiger partial charge in [-0.1, -0.05) is 199 Å². The van der Waals surface area contributed by atoms with Gasteiger partial charge in [0.15, 0.2) is 0 Å². The predicted molar refractivity (Wildman–Crippen MR) is 228 cm³/mol. The third-order valence-electron chi connectivity index (χ3n) is 10.9. The molecule has 0 rings (SSSR count). The van der Waals surface area contributed by atoms with Crippen LogP contribution in [0.25, 0.3) is 0 Å². The van der Waals surface area contributed by atoms with Crippen molar-refractivity contribution in [2.75, 3.05) is 6.61 Å². The van der Waals surface area contributed by atoms with Gasteiger partial charge in [0.05, 0.1) is 18.8 Å². The van der Waals surface area contributed by atoms with Crippen molar-refractivity contribution in [1.29, 1.82) is 0 Å². The Kier molecular flexibility index (Phi) is 41.0. The highest BCUT2D eigenvalue weighted by Crippen LogP contribution is 2.16. The maximum atomic E-state index is 12.5. The lowest BCUT2D eigenvalue weighted by atomic mass is 10.00. The molecule has 4 atom stereocenters. The fourth-order valence-electron chi connectivity index (χ4n) is 7.16. The second kappa shape index (κ2) is 41.9. The standard InChI is InChI=1S/C47H91NO5/c1-3-5-7-9-11-13-15-17-18-19-20-21-22-23-24-25-26-27-28-29-31-32-34-36-38-40-44(50)46(52)43(42-49)48-47(53)45(51)41-39-37-35-33-30-16-14-12-10-8-6-4-2/h30,32-34,43-46,49-52H,3-29,31,35-42H2,1-2H3,(H,48,53)/b33-30-,34-32+. The number of unbranched alkanes of at least 4 members (excludes halogenated alkanes) is 29. The Labute approximate surface area is 329 Å². The summed E-state index contributed by atoms with van der Waals surface area (Å²) in [6.07, 6.45) is 48.0. The third kappa shape index (κ3) is 36.2. The maximum absolute atomic E-state index is 12.5. The van der Waals surface area contributed by atoms with E-state index in [0.29, 0.717) is 12.8 Å². The Morgan fingerprint density at radius 1 is 0.453 bits per heavy atom. The van der Waals surface area contributed by atoms with Crippen LogP contribution in [0.1, 0.15) is 239 Å². The highest BCUT2D eigenvalue weighted by Gasteiger charge is 2.28. The van der Waals surface area contributed by atoms with E-state index < -0.39 is 36.9 Å². The van der Waals surface area contributed by atoms with Crippen LogP contribution in [0.5, 0.6) is 0 Å². The number of rotatable bonds is 42. The van der Waals surface area contributed by atoms with Crippen molar-refractivity contribution >= 4 is 5.91 Å². The van der Waals surface area contributed by atoms with Gasteiger partial charge < -0.3 is 25.7 Å². The summed E-state index contributed by atoms with van der Waals surface area (Å²) in [5.74, 6) is -0.609. The number of hydrogen-bond donors (Lipinski definition) is 5. The van der Waals surface area contributed by atoms with Crippen LogP contribution in [0.15, 0.2) is 24.3 Å². The molecule has 6 heteroatoms. The van der Waals surface area contributed by atoms with Crippen molar-refractivity contribution in [3.63, 3.8) is 0 Å².